The van der Waals surface area contributed by atoms with Crippen LogP contribution in [0.15, 0.2) is 21.2 Å². The molecule has 17 heavy (non-hydrogen) atoms. The average molecular weight is 363 g/mol. The Hall–Kier alpha value is 0.0700. The normalized spacial score (nSPS) is 19.9. The summed E-state index contributed by atoms with van der Waals surface area (Å²) in [4.78, 5) is 4.34. The Kier molecular flexibility index (Phi) is 5.00. The molecule has 0 aliphatic heterocycles. The van der Waals surface area contributed by atoms with Crippen LogP contribution in [0.1, 0.15) is 50.3 Å². The molecule has 0 spiro atoms. The summed E-state index contributed by atoms with van der Waals surface area (Å²) in [6.07, 6.45) is 8.62. The van der Waals surface area contributed by atoms with E-state index in [0.717, 1.165) is 27.5 Å². The number of pyridine rings is 1. The second-order valence-electron chi connectivity index (χ2n) is 4.72. The van der Waals surface area contributed by atoms with Crippen molar-refractivity contribution >= 4 is 31.9 Å². The van der Waals surface area contributed by atoms with Gasteiger partial charge < -0.3 is 5.11 Å². The number of aliphatic hydroxyl groups is 1. The van der Waals surface area contributed by atoms with Crippen molar-refractivity contribution in [2.75, 3.05) is 0 Å². The standard InChI is InChI=1S/C13H17Br2NO/c14-10-7-11(15)12(16-8-10)13(17)9-5-3-1-2-4-6-9/h7-9,13,17H,1-6H2. The summed E-state index contributed by atoms with van der Waals surface area (Å²) in [7, 11) is 0. The van der Waals surface area contributed by atoms with E-state index in [1.54, 1.807) is 6.20 Å². The number of halogens is 2. The van der Waals surface area contributed by atoms with Gasteiger partial charge in [0.05, 0.1) is 11.8 Å². The molecule has 1 heterocycles. The molecule has 1 atom stereocenters. The lowest BCUT2D eigenvalue weighted by atomic mass is 9.92. The van der Waals surface area contributed by atoms with E-state index in [1.165, 1.54) is 25.7 Å². The topological polar surface area (TPSA) is 33.1 Å². The van der Waals surface area contributed by atoms with Crippen LogP contribution in [0.3, 0.4) is 0 Å². The summed E-state index contributed by atoms with van der Waals surface area (Å²) in [6, 6.07) is 1.95. The van der Waals surface area contributed by atoms with Crippen molar-refractivity contribution in [3.63, 3.8) is 0 Å². The second kappa shape index (κ2) is 6.30. The molecule has 0 amide bonds. The fourth-order valence-corrected chi connectivity index (χ4v) is 3.71. The maximum Gasteiger partial charge on any atom is 0.0999 e. The first kappa shape index (κ1) is 13.5. The van der Waals surface area contributed by atoms with Crippen LogP contribution in [0.5, 0.6) is 0 Å². The highest BCUT2D eigenvalue weighted by Gasteiger charge is 2.24. The Morgan fingerprint density at radius 2 is 1.82 bits per heavy atom. The molecular weight excluding hydrogens is 346 g/mol. The Bertz CT molecular complexity index is 376. The minimum atomic E-state index is -0.435. The Balaban J connectivity index is 2.14. The number of nitrogens with zero attached hydrogens (tertiary/aromatic N) is 1. The van der Waals surface area contributed by atoms with E-state index in [9.17, 15) is 5.11 Å². The summed E-state index contributed by atoms with van der Waals surface area (Å²) in [5, 5.41) is 10.4. The minimum absolute atomic E-state index is 0.363. The second-order valence-corrected chi connectivity index (χ2v) is 6.49. The zero-order valence-electron chi connectivity index (χ0n) is 9.70. The maximum absolute atomic E-state index is 10.4. The van der Waals surface area contributed by atoms with E-state index in [-0.39, 0.29) is 0 Å². The molecule has 94 valence electrons. The third-order valence-electron chi connectivity index (χ3n) is 3.46. The third-order valence-corrected chi connectivity index (χ3v) is 4.53. The summed E-state index contributed by atoms with van der Waals surface area (Å²) in [5.41, 5.74) is 0.778. The van der Waals surface area contributed by atoms with Gasteiger partial charge in [-0.1, -0.05) is 25.7 Å². The van der Waals surface area contributed by atoms with Gasteiger partial charge in [-0.05, 0) is 56.7 Å². The van der Waals surface area contributed by atoms with Crippen molar-refractivity contribution in [2.45, 2.75) is 44.6 Å². The Morgan fingerprint density at radius 1 is 1.18 bits per heavy atom. The van der Waals surface area contributed by atoms with Crippen LogP contribution in [-0.4, -0.2) is 10.1 Å². The number of rotatable bonds is 2. The average Bonchev–Trinajstić information content (AvgIpc) is 2.56. The molecule has 1 aromatic rings. The fraction of sp³-hybridized carbons (Fsp3) is 0.615. The molecule has 0 aromatic carbocycles. The molecule has 0 bridgehead atoms. The first-order chi connectivity index (χ1) is 8.18. The molecule has 0 radical (unpaired) electrons. The summed E-state index contributed by atoms with van der Waals surface area (Å²) in [6.45, 7) is 0. The van der Waals surface area contributed by atoms with Gasteiger partial charge >= 0.3 is 0 Å². The molecule has 2 rings (SSSR count). The molecule has 1 aliphatic rings. The van der Waals surface area contributed by atoms with E-state index < -0.39 is 6.10 Å². The van der Waals surface area contributed by atoms with Gasteiger partial charge in [-0.3, -0.25) is 4.98 Å². The lowest BCUT2D eigenvalue weighted by molar-refractivity contribution is 0.0941. The lowest BCUT2D eigenvalue weighted by Crippen LogP contribution is -2.14. The van der Waals surface area contributed by atoms with Gasteiger partial charge in [0.25, 0.3) is 0 Å². The van der Waals surface area contributed by atoms with Crippen molar-refractivity contribution in [1.82, 2.24) is 4.98 Å². The molecular formula is C13H17Br2NO. The first-order valence-electron chi connectivity index (χ1n) is 6.17. The molecule has 1 fully saturated rings. The van der Waals surface area contributed by atoms with Gasteiger partial charge in [-0.25, -0.2) is 0 Å². The lowest BCUT2D eigenvalue weighted by Gasteiger charge is -2.21. The fourth-order valence-electron chi connectivity index (χ4n) is 2.49. The molecule has 1 aromatic heterocycles. The van der Waals surface area contributed by atoms with E-state index >= 15 is 0 Å². The zero-order valence-corrected chi connectivity index (χ0v) is 12.9. The Morgan fingerprint density at radius 3 is 2.41 bits per heavy atom. The number of hydrogen-bond donors (Lipinski definition) is 1. The van der Waals surface area contributed by atoms with Crippen LogP contribution in [0.2, 0.25) is 0 Å². The minimum Gasteiger partial charge on any atom is -0.386 e. The van der Waals surface area contributed by atoms with Crippen LogP contribution in [0.4, 0.5) is 0 Å². The quantitative estimate of drug-likeness (QED) is 0.779. The van der Waals surface area contributed by atoms with E-state index in [2.05, 4.69) is 36.8 Å². The molecule has 0 saturated heterocycles. The largest absolute Gasteiger partial charge is 0.386 e. The Labute approximate surface area is 119 Å². The van der Waals surface area contributed by atoms with Crippen LogP contribution in [0, 0.1) is 5.92 Å². The molecule has 2 nitrogen and oxygen atoms in total. The monoisotopic (exact) mass is 361 g/mol. The van der Waals surface area contributed by atoms with Crippen molar-refractivity contribution in [2.24, 2.45) is 5.92 Å². The van der Waals surface area contributed by atoms with Gasteiger partial charge in [0.15, 0.2) is 0 Å². The van der Waals surface area contributed by atoms with Gasteiger partial charge in [0, 0.05) is 15.1 Å². The van der Waals surface area contributed by atoms with Crippen molar-refractivity contribution in [3.8, 4) is 0 Å². The first-order valence-corrected chi connectivity index (χ1v) is 7.76. The molecule has 4 heteroatoms. The van der Waals surface area contributed by atoms with E-state index in [4.69, 9.17) is 0 Å². The van der Waals surface area contributed by atoms with Gasteiger partial charge in [-0.15, -0.1) is 0 Å². The highest BCUT2D eigenvalue weighted by molar-refractivity contribution is 9.11. The number of aromatic nitrogens is 1. The molecule has 1 N–H and O–H groups in total. The maximum atomic E-state index is 10.4. The van der Waals surface area contributed by atoms with Crippen molar-refractivity contribution in [1.29, 1.82) is 0 Å². The van der Waals surface area contributed by atoms with Gasteiger partial charge in [0.2, 0.25) is 0 Å². The predicted octanol–water partition coefficient (Wildman–Crippen LogP) is 4.61. The molecule has 1 unspecified atom stereocenters. The molecule has 1 saturated carbocycles. The van der Waals surface area contributed by atoms with Gasteiger partial charge in [-0.2, -0.15) is 0 Å². The van der Waals surface area contributed by atoms with Crippen LogP contribution < -0.4 is 0 Å². The highest BCUT2D eigenvalue weighted by atomic mass is 79.9. The SMILES string of the molecule is OC(c1ncc(Br)cc1Br)C1CCCCCC1. The highest BCUT2D eigenvalue weighted by Crippen LogP contribution is 2.35. The van der Waals surface area contributed by atoms with Crippen LogP contribution >= 0.6 is 31.9 Å². The summed E-state index contributed by atoms with van der Waals surface area (Å²) >= 11 is 6.86. The molecule has 1 aliphatic carbocycles. The predicted molar refractivity (Wildman–Crippen MR) is 75.8 cm³/mol. The summed E-state index contributed by atoms with van der Waals surface area (Å²) < 4.78 is 1.82. The van der Waals surface area contributed by atoms with E-state index in [1.807, 2.05) is 6.07 Å². The number of hydrogen-bond acceptors (Lipinski definition) is 2. The smallest absolute Gasteiger partial charge is 0.0999 e. The van der Waals surface area contributed by atoms with Gasteiger partial charge in [0.1, 0.15) is 0 Å². The number of aliphatic hydroxyl groups excluding tert-OH is 1. The van der Waals surface area contributed by atoms with E-state index in [0.29, 0.717) is 5.92 Å². The van der Waals surface area contributed by atoms with Crippen molar-refractivity contribution < 1.29 is 5.11 Å². The van der Waals surface area contributed by atoms with Crippen molar-refractivity contribution in [3.05, 3.63) is 26.9 Å². The van der Waals surface area contributed by atoms with Crippen LogP contribution in [0.25, 0.3) is 0 Å². The summed E-state index contributed by atoms with van der Waals surface area (Å²) in [5.74, 6) is 0.363. The zero-order chi connectivity index (χ0) is 12.3. The third kappa shape index (κ3) is 3.52. The van der Waals surface area contributed by atoms with Crippen LogP contribution in [-0.2, 0) is 0 Å².